The summed E-state index contributed by atoms with van der Waals surface area (Å²) in [6, 6.07) is 1.66. The first-order valence-electron chi connectivity index (χ1n) is 8.81. The molecule has 128 valence electrons. The van der Waals surface area contributed by atoms with E-state index in [1.54, 1.807) is 19.2 Å². The van der Waals surface area contributed by atoms with Crippen LogP contribution in [0.4, 0.5) is 0 Å². The number of carbonyl (C=O) groups excluding carboxylic acids is 2. The number of esters is 1. The smallest absolute Gasteiger partial charge is 0.340 e. The number of ether oxygens (including phenoxy) is 1. The van der Waals surface area contributed by atoms with E-state index >= 15 is 0 Å². The van der Waals surface area contributed by atoms with Crippen molar-refractivity contribution in [2.75, 3.05) is 0 Å². The summed E-state index contributed by atoms with van der Waals surface area (Å²) in [7, 11) is 0. The fraction of sp³-hybridized carbons (Fsp3) is 0.632. The lowest BCUT2D eigenvalue weighted by atomic mass is 9.48. The largest absolute Gasteiger partial charge is 0.451 e. The Bertz CT molecular complexity index is 652. The van der Waals surface area contributed by atoms with Crippen LogP contribution in [0, 0.1) is 23.2 Å². The van der Waals surface area contributed by atoms with Crippen molar-refractivity contribution < 1.29 is 14.3 Å². The quantitative estimate of drug-likeness (QED) is 0.722. The van der Waals surface area contributed by atoms with E-state index < -0.39 is 12.1 Å². The van der Waals surface area contributed by atoms with E-state index in [0.29, 0.717) is 23.3 Å². The van der Waals surface area contributed by atoms with Crippen molar-refractivity contribution in [3.63, 3.8) is 0 Å². The van der Waals surface area contributed by atoms with Gasteiger partial charge in [0.15, 0.2) is 11.9 Å². The monoisotopic (exact) mass is 391 g/mol. The zero-order chi connectivity index (χ0) is 16.9. The summed E-state index contributed by atoms with van der Waals surface area (Å²) >= 11 is 3.30. The molecule has 1 aromatic rings. The summed E-state index contributed by atoms with van der Waals surface area (Å²) < 4.78 is 6.21. The van der Waals surface area contributed by atoms with Gasteiger partial charge in [-0.2, -0.15) is 0 Å². The fourth-order valence-corrected chi connectivity index (χ4v) is 6.01. The third kappa shape index (κ3) is 2.81. The number of nitrogens with zero attached hydrogens (tertiary/aromatic N) is 1. The van der Waals surface area contributed by atoms with Crippen LogP contribution in [0.15, 0.2) is 22.9 Å². The molecule has 0 unspecified atom stereocenters. The second-order valence-corrected chi connectivity index (χ2v) is 8.92. The van der Waals surface area contributed by atoms with E-state index in [0.717, 1.165) is 23.7 Å². The number of carbonyl (C=O) groups is 2. The Kier molecular flexibility index (Phi) is 4.02. The summed E-state index contributed by atoms with van der Waals surface area (Å²) in [5, 5.41) is 0. The molecule has 4 bridgehead atoms. The maximum absolute atomic E-state index is 13.1. The predicted octanol–water partition coefficient (Wildman–Crippen LogP) is 4.17. The van der Waals surface area contributed by atoms with E-state index in [-0.39, 0.29) is 11.2 Å². The van der Waals surface area contributed by atoms with Gasteiger partial charge in [0, 0.05) is 22.3 Å². The minimum absolute atomic E-state index is 0.137. The maximum Gasteiger partial charge on any atom is 0.340 e. The molecule has 0 aliphatic heterocycles. The Morgan fingerprint density at radius 2 is 1.75 bits per heavy atom. The van der Waals surface area contributed by atoms with Gasteiger partial charge in [0.2, 0.25) is 0 Å². The third-order valence-electron chi connectivity index (χ3n) is 6.15. The van der Waals surface area contributed by atoms with Gasteiger partial charge in [0.05, 0.1) is 5.56 Å². The highest BCUT2D eigenvalue weighted by atomic mass is 79.9. The van der Waals surface area contributed by atoms with Crippen LogP contribution in [0.25, 0.3) is 0 Å². The molecule has 1 heterocycles. The zero-order valence-electron chi connectivity index (χ0n) is 13.8. The average molecular weight is 392 g/mol. The van der Waals surface area contributed by atoms with E-state index in [2.05, 4.69) is 20.9 Å². The molecular weight excluding hydrogens is 370 g/mol. The minimum atomic E-state index is -0.687. The Labute approximate surface area is 150 Å². The average Bonchev–Trinajstić information content (AvgIpc) is 2.52. The lowest BCUT2D eigenvalue weighted by Gasteiger charge is -2.56. The molecule has 0 spiro atoms. The molecule has 0 radical (unpaired) electrons. The number of ketones is 1. The number of aromatic nitrogens is 1. The minimum Gasteiger partial charge on any atom is -0.451 e. The first-order chi connectivity index (χ1) is 11.4. The Balaban J connectivity index is 1.47. The first kappa shape index (κ1) is 16.2. The van der Waals surface area contributed by atoms with Crippen molar-refractivity contribution in [1.29, 1.82) is 0 Å². The van der Waals surface area contributed by atoms with Gasteiger partial charge < -0.3 is 4.74 Å². The van der Waals surface area contributed by atoms with Gasteiger partial charge in [-0.3, -0.25) is 9.78 Å². The fourth-order valence-electron chi connectivity index (χ4n) is 5.65. The number of halogens is 1. The molecule has 4 fully saturated rings. The van der Waals surface area contributed by atoms with E-state index in [9.17, 15) is 9.59 Å². The Morgan fingerprint density at radius 3 is 2.29 bits per heavy atom. The van der Waals surface area contributed by atoms with Gasteiger partial charge in [-0.05, 0) is 85.2 Å². The molecule has 0 aromatic carbocycles. The molecular formula is C19H22BrNO3. The van der Waals surface area contributed by atoms with Crippen molar-refractivity contribution >= 4 is 27.7 Å². The van der Waals surface area contributed by atoms with Crippen LogP contribution in [0.2, 0.25) is 0 Å². The summed E-state index contributed by atoms with van der Waals surface area (Å²) in [4.78, 5) is 29.4. The highest BCUT2D eigenvalue weighted by Crippen LogP contribution is 2.60. The van der Waals surface area contributed by atoms with Crippen LogP contribution in [-0.2, 0) is 9.53 Å². The van der Waals surface area contributed by atoms with Crippen LogP contribution < -0.4 is 0 Å². The molecule has 4 aliphatic carbocycles. The van der Waals surface area contributed by atoms with Crippen LogP contribution in [0.3, 0.4) is 0 Å². The van der Waals surface area contributed by atoms with Gasteiger partial charge in [-0.1, -0.05) is 0 Å². The molecule has 0 amide bonds. The molecule has 5 heteroatoms. The summed E-state index contributed by atoms with van der Waals surface area (Å²) in [5.41, 5.74) is 0.138. The zero-order valence-corrected chi connectivity index (χ0v) is 15.4. The van der Waals surface area contributed by atoms with Crippen LogP contribution in [-0.4, -0.2) is 22.8 Å². The summed E-state index contributed by atoms with van der Waals surface area (Å²) in [6.07, 6.45) is 9.27. The van der Waals surface area contributed by atoms with Crippen molar-refractivity contribution in [2.45, 2.75) is 51.6 Å². The van der Waals surface area contributed by atoms with Gasteiger partial charge in [-0.25, -0.2) is 4.79 Å². The Hall–Kier alpha value is -1.23. The Morgan fingerprint density at radius 1 is 1.17 bits per heavy atom. The molecule has 0 saturated heterocycles. The highest BCUT2D eigenvalue weighted by Gasteiger charge is 2.55. The SMILES string of the molecule is C[C@H](OC(=O)c1cncc(Br)c1)C(=O)C12CC3CC(CC(C3)C1)C2. The van der Waals surface area contributed by atoms with E-state index in [1.165, 1.54) is 25.5 Å². The highest BCUT2D eigenvalue weighted by molar-refractivity contribution is 9.10. The standard InChI is InChI=1S/C19H22BrNO3/c1-11(24-18(23)15-5-16(20)10-21-9-15)17(22)19-6-12-2-13(7-19)4-14(3-12)8-19/h5,9-14H,2-4,6-8H2,1H3/t11-,12?,13?,14?,19?/m0/s1. The van der Waals surface area contributed by atoms with Gasteiger partial charge in [0.25, 0.3) is 0 Å². The topological polar surface area (TPSA) is 56.3 Å². The van der Waals surface area contributed by atoms with E-state index in [1.807, 2.05) is 0 Å². The number of hydrogen-bond acceptors (Lipinski definition) is 4. The molecule has 4 aliphatic rings. The number of pyridine rings is 1. The van der Waals surface area contributed by atoms with Crippen molar-refractivity contribution in [3.8, 4) is 0 Å². The summed E-state index contributed by atoms with van der Waals surface area (Å²) in [6.45, 7) is 1.73. The normalized spacial score (nSPS) is 34.8. The molecule has 0 N–H and O–H groups in total. The lowest BCUT2D eigenvalue weighted by molar-refractivity contribution is -0.152. The number of Topliss-reactive ketones (excluding diaryl/α,β-unsaturated/α-hetero) is 1. The van der Waals surface area contributed by atoms with Crippen LogP contribution in [0.1, 0.15) is 55.8 Å². The molecule has 5 rings (SSSR count). The van der Waals surface area contributed by atoms with Gasteiger partial charge in [0.1, 0.15) is 0 Å². The second kappa shape index (κ2) is 5.94. The third-order valence-corrected chi connectivity index (χ3v) is 6.59. The second-order valence-electron chi connectivity index (χ2n) is 8.00. The first-order valence-corrected chi connectivity index (χ1v) is 9.60. The molecule has 1 atom stereocenters. The van der Waals surface area contributed by atoms with Crippen LogP contribution in [0.5, 0.6) is 0 Å². The summed E-state index contributed by atoms with van der Waals surface area (Å²) in [5.74, 6) is 1.78. The molecule has 4 saturated carbocycles. The van der Waals surface area contributed by atoms with Crippen LogP contribution >= 0.6 is 15.9 Å². The predicted molar refractivity (Wildman–Crippen MR) is 92.4 cm³/mol. The van der Waals surface area contributed by atoms with Crippen molar-refractivity contribution in [2.24, 2.45) is 23.2 Å². The maximum atomic E-state index is 13.1. The van der Waals surface area contributed by atoms with Gasteiger partial charge >= 0.3 is 5.97 Å². The van der Waals surface area contributed by atoms with Crippen molar-refractivity contribution in [1.82, 2.24) is 4.98 Å². The molecule has 24 heavy (non-hydrogen) atoms. The van der Waals surface area contributed by atoms with Gasteiger partial charge in [-0.15, -0.1) is 0 Å². The molecule has 4 nitrogen and oxygen atoms in total. The number of rotatable bonds is 4. The lowest BCUT2D eigenvalue weighted by Crippen LogP contribution is -2.52. The van der Waals surface area contributed by atoms with Crippen molar-refractivity contribution in [3.05, 3.63) is 28.5 Å². The molecule has 1 aromatic heterocycles. The number of hydrogen-bond donors (Lipinski definition) is 0. The van der Waals surface area contributed by atoms with E-state index in [4.69, 9.17) is 4.74 Å².